The van der Waals surface area contributed by atoms with Gasteiger partial charge in [-0.05, 0) is 61.8 Å². The Labute approximate surface area is 132 Å². The fraction of sp³-hybridized carbons (Fsp3) is 0.278. The van der Waals surface area contributed by atoms with Gasteiger partial charge in [0.15, 0.2) is 5.11 Å². The zero-order valence-corrected chi connectivity index (χ0v) is 13.9. The molecule has 0 aliphatic carbocycles. The van der Waals surface area contributed by atoms with Crippen molar-refractivity contribution < 1.29 is 0 Å². The minimum atomic E-state index is 0.737. The lowest BCUT2D eigenvalue weighted by molar-refractivity contribution is 0.508. The van der Waals surface area contributed by atoms with Crippen molar-refractivity contribution in [3.63, 3.8) is 0 Å². The number of hydrogen-bond acceptors (Lipinski definition) is 1. The minimum absolute atomic E-state index is 0.737. The molecule has 0 fully saturated rings. The number of rotatable bonds is 3. The summed E-state index contributed by atoms with van der Waals surface area (Å²) in [6.45, 7) is 7.09. The first-order valence-corrected chi connectivity index (χ1v) is 7.51. The van der Waals surface area contributed by atoms with E-state index in [1.807, 2.05) is 7.05 Å². The molecule has 0 aliphatic rings. The highest BCUT2D eigenvalue weighted by Gasteiger charge is 2.06. The van der Waals surface area contributed by atoms with Crippen molar-refractivity contribution in [3.8, 4) is 0 Å². The standard InChI is InChI=1S/C18H22N2S/c1-13-5-7-16(8-6-13)12-20(4)18(21)19-17-10-14(2)9-15(3)11-17/h5-11H,12H2,1-4H3,(H,19,21). The number of benzene rings is 2. The number of nitrogens with one attached hydrogen (secondary N) is 1. The Kier molecular flexibility index (Phi) is 4.97. The van der Waals surface area contributed by atoms with Crippen LogP contribution in [-0.4, -0.2) is 17.1 Å². The lowest BCUT2D eigenvalue weighted by Gasteiger charge is -2.21. The summed E-state index contributed by atoms with van der Waals surface area (Å²) in [6, 6.07) is 14.9. The minimum Gasteiger partial charge on any atom is -0.348 e. The number of anilines is 1. The average molecular weight is 298 g/mol. The van der Waals surface area contributed by atoms with E-state index in [1.165, 1.54) is 22.3 Å². The molecule has 110 valence electrons. The maximum atomic E-state index is 5.48. The highest BCUT2D eigenvalue weighted by atomic mass is 32.1. The van der Waals surface area contributed by atoms with Crippen molar-refractivity contribution in [3.05, 3.63) is 64.7 Å². The van der Waals surface area contributed by atoms with Gasteiger partial charge in [0.1, 0.15) is 0 Å². The molecule has 2 nitrogen and oxygen atoms in total. The number of aryl methyl sites for hydroxylation is 3. The van der Waals surface area contributed by atoms with Crippen molar-refractivity contribution in [2.24, 2.45) is 0 Å². The van der Waals surface area contributed by atoms with Crippen LogP contribution in [0, 0.1) is 20.8 Å². The van der Waals surface area contributed by atoms with Crippen LogP contribution in [0.15, 0.2) is 42.5 Å². The summed E-state index contributed by atoms with van der Waals surface area (Å²) in [4.78, 5) is 2.05. The molecule has 0 aromatic heterocycles. The Balaban J connectivity index is 2.00. The highest BCUT2D eigenvalue weighted by Crippen LogP contribution is 2.15. The lowest BCUT2D eigenvalue weighted by atomic mass is 10.1. The van der Waals surface area contributed by atoms with Gasteiger partial charge in [0, 0.05) is 19.3 Å². The molecule has 0 atom stereocenters. The molecule has 2 rings (SSSR count). The quantitative estimate of drug-likeness (QED) is 0.843. The summed E-state index contributed by atoms with van der Waals surface area (Å²) < 4.78 is 0. The van der Waals surface area contributed by atoms with Crippen LogP contribution < -0.4 is 5.32 Å². The molecule has 0 heterocycles. The predicted molar refractivity (Wildman–Crippen MR) is 94.8 cm³/mol. The van der Waals surface area contributed by atoms with Gasteiger partial charge in [-0.3, -0.25) is 0 Å². The summed E-state index contributed by atoms with van der Waals surface area (Å²) in [6.07, 6.45) is 0. The molecule has 2 aromatic carbocycles. The molecule has 2 aromatic rings. The van der Waals surface area contributed by atoms with E-state index in [9.17, 15) is 0 Å². The Morgan fingerprint density at radius 3 is 2.10 bits per heavy atom. The van der Waals surface area contributed by atoms with Gasteiger partial charge in [0.25, 0.3) is 0 Å². The predicted octanol–water partition coefficient (Wildman–Crippen LogP) is 4.44. The van der Waals surface area contributed by atoms with Gasteiger partial charge < -0.3 is 10.2 Å². The van der Waals surface area contributed by atoms with E-state index in [1.54, 1.807) is 0 Å². The second kappa shape index (κ2) is 6.72. The Morgan fingerprint density at radius 2 is 1.52 bits per heavy atom. The Hall–Kier alpha value is -1.87. The Morgan fingerprint density at radius 1 is 0.952 bits per heavy atom. The normalized spacial score (nSPS) is 10.3. The zero-order chi connectivity index (χ0) is 15.4. The van der Waals surface area contributed by atoms with E-state index in [0.29, 0.717) is 0 Å². The second-order valence-corrected chi connectivity index (χ2v) is 6.03. The number of hydrogen-bond donors (Lipinski definition) is 1. The second-order valence-electron chi connectivity index (χ2n) is 5.65. The van der Waals surface area contributed by atoms with Gasteiger partial charge >= 0.3 is 0 Å². The van der Waals surface area contributed by atoms with Crippen molar-refractivity contribution in [1.82, 2.24) is 4.90 Å². The first-order valence-electron chi connectivity index (χ1n) is 7.10. The average Bonchev–Trinajstić information content (AvgIpc) is 2.40. The molecular weight excluding hydrogens is 276 g/mol. The van der Waals surface area contributed by atoms with Crippen LogP contribution in [0.25, 0.3) is 0 Å². The maximum Gasteiger partial charge on any atom is 0.173 e. The molecule has 21 heavy (non-hydrogen) atoms. The van der Waals surface area contributed by atoms with Crippen molar-refractivity contribution in [1.29, 1.82) is 0 Å². The number of thiocarbonyl (C=S) groups is 1. The van der Waals surface area contributed by atoms with Gasteiger partial charge in [-0.2, -0.15) is 0 Å². The first-order chi connectivity index (χ1) is 9.94. The largest absolute Gasteiger partial charge is 0.348 e. The SMILES string of the molecule is Cc1ccc(CN(C)C(=S)Nc2cc(C)cc(C)c2)cc1. The van der Waals surface area contributed by atoms with E-state index in [0.717, 1.165) is 17.3 Å². The third-order valence-electron chi connectivity index (χ3n) is 3.36. The van der Waals surface area contributed by atoms with E-state index < -0.39 is 0 Å². The van der Waals surface area contributed by atoms with Crippen molar-refractivity contribution in [2.45, 2.75) is 27.3 Å². The van der Waals surface area contributed by atoms with Crippen LogP contribution in [0.3, 0.4) is 0 Å². The van der Waals surface area contributed by atoms with E-state index in [4.69, 9.17) is 12.2 Å². The topological polar surface area (TPSA) is 15.3 Å². The fourth-order valence-corrected chi connectivity index (χ4v) is 2.49. The number of nitrogens with zero attached hydrogens (tertiary/aromatic N) is 1. The van der Waals surface area contributed by atoms with E-state index >= 15 is 0 Å². The molecule has 0 bridgehead atoms. The van der Waals surface area contributed by atoms with Gasteiger partial charge in [0.2, 0.25) is 0 Å². The van der Waals surface area contributed by atoms with E-state index in [2.05, 4.69) is 73.5 Å². The molecule has 0 spiro atoms. The Bertz CT molecular complexity index is 612. The molecule has 1 N–H and O–H groups in total. The summed E-state index contributed by atoms with van der Waals surface area (Å²) >= 11 is 5.48. The maximum absolute atomic E-state index is 5.48. The van der Waals surface area contributed by atoms with Crippen molar-refractivity contribution >= 4 is 23.0 Å². The van der Waals surface area contributed by atoms with Crippen LogP contribution >= 0.6 is 12.2 Å². The first kappa shape index (κ1) is 15.5. The molecule has 0 unspecified atom stereocenters. The van der Waals surface area contributed by atoms with Crippen molar-refractivity contribution in [2.75, 3.05) is 12.4 Å². The summed E-state index contributed by atoms with van der Waals surface area (Å²) in [5.74, 6) is 0. The van der Waals surface area contributed by atoms with Gasteiger partial charge in [-0.1, -0.05) is 35.9 Å². The summed E-state index contributed by atoms with van der Waals surface area (Å²) in [7, 11) is 2.01. The summed E-state index contributed by atoms with van der Waals surface area (Å²) in [5, 5.41) is 4.05. The molecular formula is C18H22N2S. The highest BCUT2D eigenvalue weighted by molar-refractivity contribution is 7.80. The van der Waals surface area contributed by atoms with Gasteiger partial charge in [-0.15, -0.1) is 0 Å². The third-order valence-corrected chi connectivity index (χ3v) is 3.77. The van der Waals surface area contributed by atoms with Gasteiger partial charge in [0.05, 0.1) is 0 Å². The monoisotopic (exact) mass is 298 g/mol. The molecule has 0 radical (unpaired) electrons. The molecule has 0 amide bonds. The molecule has 3 heteroatoms. The lowest BCUT2D eigenvalue weighted by Crippen LogP contribution is -2.30. The smallest absolute Gasteiger partial charge is 0.173 e. The zero-order valence-electron chi connectivity index (χ0n) is 13.1. The van der Waals surface area contributed by atoms with Crippen LogP contribution in [0.4, 0.5) is 5.69 Å². The van der Waals surface area contributed by atoms with Crippen LogP contribution in [0.2, 0.25) is 0 Å². The molecule has 0 saturated carbocycles. The summed E-state index contributed by atoms with van der Waals surface area (Å²) in [5.41, 5.74) is 6.06. The fourth-order valence-electron chi connectivity index (χ4n) is 2.30. The van der Waals surface area contributed by atoms with Crippen LogP contribution in [0.5, 0.6) is 0 Å². The van der Waals surface area contributed by atoms with E-state index in [-0.39, 0.29) is 0 Å². The molecule has 0 saturated heterocycles. The van der Waals surface area contributed by atoms with Crippen LogP contribution in [-0.2, 0) is 6.54 Å². The molecule has 0 aliphatic heterocycles. The third kappa shape index (κ3) is 4.57. The van der Waals surface area contributed by atoms with Gasteiger partial charge in [-0.25, -0.2) is 0 Å². The van der Waals surface area contributed by atoms with Crippen LogP contribution in [0.1, 0.15) is 22.3 Å².